The molecule has 0 radical (unpaired) electrons. The minimum atomic E-state index is -1.08. The fraction of sp³-hybridized carbons (Fsp3) is 0.0952. The normalized spacial score (nSPS) is 11.1. The second-order valence-corrected chi connectivity index (χ2v) is 6.65. The third-order valence-corrected chi connectivity index (χ3v) is 4.67. The van der Waals surface area contributed by atoms with Gasteiger partial charge in [0.15, 0.2) is 0 Å². The molecule has 7 heteroatoms. The van der Waals surface area contributed by atoms with Crippen molar-refractivity contribution in [3.05, 3.63) is 81.6 Å². The molecule has 2 N–H and O–H groups in total. The highest BCUT2D eigenvalue weighted by atomic mass is 35.5. The predicted octanol–water partition coefficient (Wildman–Crippen LogP) is 4.89. The molecule has 0 fully saturated rings. The molecule has 0 bridgehead atoms. The van der Waals surface area contributed by atoms with Crippen molar-refractivity contribution in [1.29, 1.82) is 0 Å². The zero-order valence-electron chi connectivity index (χ0n) is 15.2. The molecule has 28 heavy (non-hydrogen) atoms. The SMILES string of the molecule is Cc1cc(C=Nc2cccc(C(=O)O)c2)c(C)n1-c1ccc(C(=O)O)c(Cl)c1. The molecule has 1 aromatic heterocycles. The number of aliphatic imine (C=N–C) groups is 1. The quantitative estimate of drug-likeness (QED) is 0.600. The van der Waals surface area contributed by atoms with Crippen LogP contribution in [0.1, 0.15) is 37.7 Å². The molecule has 1 heterocycles. The number of benzene rings is 2. The van der Waals surface area contributed by atoms with Crippen molar-refractivity contribution in [2.75, 3.05) is 0 Å². The van der Waals surface area contributed by atoms with Gasteiger partial charge in [0.05, 0.1) is 21.8 Å². The number of aryl methyl sites for hydroxylation is 1. The summed E-state index contributed by atoms with van der Waals surface area (Å²) in [4.78, 5) is 26.6. The Kier molecular flexibility index (Phi) is 5.33. The number of carbonyl (C=O) groups is 2. The summed E-state index contributed by atoms with van der Waals surface area (Å²) in [6.45, 7) is 3.84. The van der Waals surface area contributed by atoms with Gasteiger partial charge in [-0.05, 0) is 56.3 Å². The van der Waals surface area contributed by atoms with Crippen LogP contribution >= 0.6 is 11.6 Å². The second kappa shape index (κ2) is 7.70. The van der Waals surface area contributed by atoms with Crippen molar-refractivity contribution < 1.29 is 19.8 Å². The molecule has 6 nitrogen and oxygen atoms in total. The van der Waals surface area contributed by atoms with Gasteiger partial charge in [-0.3, -0.25) is 4.99 Å². The number of nitrogens with zero attached hydrogens (tertiary/aromatic N) is 2. The number of hydrogen-bond acceptors (Lipinski definition) is 3. The highest BCUT2D eigenvalue weighted by Crippen LogP contribution is 2.25. The van der Waals surface area contributed by atoms with E-state index in [-0.39, 0.29) is 16.1 Å². The van der Waals surface area contributed by atoms with Crippen LogP contribution in [0.25, 0.3) is 5.69 Å². The molecule has 0 aliphatic carbocycles. The van der Waals surface area contributed by atoms with Gasteiger partial charge in [0.2, 0.25) is 0 Å². The first-order chi connectivity index (χ1) is 13.3. The molecule has 3 aromatic rings. The van der Waals surface area contributed by atoms with Crippen molar-refractivity contribution >= 4 is 35.4 Å². The first-order valence-corrected chi connectivity index (χ1v) is 8.75. The number of carboxylic acid groups (broad SMARTS) is 2. The van der Waals surface area contributed by atoms with E-state index < -0.39 is 11.9 Å². The molecule has 0 amide bonds. The Hall–Kier alpha value is -3.38. The smallest absolute Gasteiger partial charge is 0.337 e. The average molecular weight is 397 g/mol. The van der Waals surface area contributed by atoms with Gasteiger partial charge in [0.1, 0.15) is 0 Å². The number of hydrogen-bond donors (Lipinski definition) is 2. The van der Waals surface area contributed by atoms with Gasteiger partial charge in [-0.15, -0.1) is 0 Å². The van der Waals surface area contributed by atoms with Crippen molar-refractivity contribution in [1.82, 2.24) is 4.57 Å². The van der Waals surface area contributed by atoms with E-state index in [1.807, 2.05) is 24.5 Å². The third kappa shape index (κ3) is 3.82. The number of carboxylic acids is 2. The Morgan fingerprint density at radius 1 is 1.04 bits per heavy atom. The molecule has 2 aromatic carbocycles. The lowest BCUT2D eigenvalue weighted by Crippen LogP contribution is -2.02. The summed E-state index contributed by atoms with van der Waals surface area (Å²) in [5.41, 5.74) is 4.20. The summed E-state index contributed by atoms with van der Waals surface area (Å²) in [5, 5.41) is 18.4. The van der Waals surface area contributed by atoms with Crippen LogP contribution in [0.2, 0.25) is 5.02 Å². The zero-order valence-corrected chi connectivity index (χ0v) is 15.9. The minimum Gasteiger partial charge on any atom is -0.478 e. The molecule has 0 aliphatic heterocycles. The molecule has 0 unspecified atom stereocenters. The van der Waals surface area contributed by atoms with E-state index in [1.54, 1.807) is 30.5 Å². The van der Waals surface area contributed by atoms with Gasteiger partial charge >= 0.3 is 11.9 Å². The van der Waals surface area contributed by atoms with Gasteiger partial charge in [0.25, 0.3) is 0 Å². The van der Waals surface area contributed by atoms with Gasteiger partial charge in [-0.25, -0.2) is 9.59 Å². The van der Waals surface area contributed by atoms with Crippen LogP contribution in [0.5, 0.6) is 0 Å². The Morgan fingerprint density at radius 3 is 2.43 bits per heavy atom. The Bertz CT molecular complexity index is 1120. The van der Waals surface area contributed by atoms with E-state index in [4.69, 9.17) is 21.8 Å². The largest absolute Gasteiger partial charge is 0.478 e. The van der Waals surface area contributed by atoms with Crippen LogP contribution in [-0.2, 0) is 0 Å². The van der Waals surface area contributed by atoms with Crippen molar-refractivity contribution in [3.8, 4) is 5.69 Å². The molecule has 0 saturated carbocycles. The first-order valence-electron chi connectivity index (χ1n) is 8.37. The Morgan fingerprint density at radius 2 is 1.79 bits per heavy atom. The van der Waals surface area contributed by atoms with E-state index in [2.05, 4.69) is 4.99 Å². The number of halogens is 1. The Labute approximate surface area is 166 Å². The van der Waals surface area contributed by atoms with Crippen LogP contribution < -0.4 is 0 Å². The van der Waals surface area contributed by atoms with Gasteiger partial charge in [-0.1, -0.05) is 17.7 Å². The zero-order chi connectivity index (χ0) is 20.4. The van der Waals surface area contributed by atoms with E-state index in [0.717, 1.165) is 22.6 Å². The molecule has 3 rings (SSSR count). The highest BCUT2D eigenvalue weighted by Gasteiger charge is 2.13. The highest BCUT2D eigenvalue weighted by molar-refractivity contribution is 6.33. The van der Waals surface area contributed by atoms with Gasteiger partial charge in [-0.2, -0.15) is 0 Å². The van der Waals surface area contributed by atoms with Crippen LogP contribution in [0, 0.1) is 13.8 Å². The number of rotatable bonds is 5. The van der Waals surface area contributed by atoms with Gasteiger partial charge < -0.3 is 14.8 Å². The fourth-order valence-electron chi connectivity index (χ4n) is 3.00. The lowest BCUT2D eigenvalue weighted by molar-refractivity contribution is 0.0686. The summed E-state index contributed by atoms with van der Waals surface area (Å²) in [6.07, 6.45) is 1.67. The lowest BCUT2D eigenvalue weighted by atomic mass is 10.2. The van der Waals surface area contributed by atoms with Crippen LogP contribution in [-0.4, -0.2) is 32.9 Å². The van der Waals surface area contributed by atoms with E-state index in [9.17, 15) is 9.59 Å². The summed E-state index contributed by atoms with van der Waals surface area (Å²) < 4.78 is 1.95. The van der Waals surface area contributed by atoms with Gasteiger partial charge in [0, 0.05) is 28.9 Å². The van der Waals surface area contributed by atoms with Crippen molar-refractivity contribution in [2.45, 2.75) is 13.8 Å². The summed E-state index contributed by atoms with van der Waals surface area (Å²) >= 11 is 6.10. The Balaban J connectivity index is 1.96. The standard InChI is InChI=1S/C21H17ClN2O4/c1-12-8-15(11-23-16-5-3-4-14(9-16)20(25)26)13(2)24(12)17-6-7-18(21(27)28)19(22)10-17/h3-11H,1-2H3,(H,25,26)(H,27,28). The molecule has 0 aliphatic rings. The molecular formula is C21H17ClN2O4. The maximum absolute atomic E-state index is 11.1. The second-order valence-electron chi connectivity index (χ2n) is 6.24. The maximum atomic E-state index is 11.1. The maximum Gasteiger partial charge on any atom is 0.337 e. The van der Waals surface area contributed by atoms with Crippen LogP contribution in [0.4, 0.5) is 5.69 Å². The average Bonchev–Trinajstić information content (AvgIpc) is 2.93. The predicted molar refractivity (Wildman–Crippen MR) is 108 cm³/mol. The molecule has 0 spiro atoms. The number of aromatic nitrogens is 1. The minimum absolute atomic E-state index is 0.0491. The van der Waals surface area contributed by atoms with E-state index >= 15 is 0 Å². The summed E-state index contributed by atoms with van der Waals surface area (Å²) in [5.74, 6) is -2.08. The molecular weight excluding hydrogens is 380 g/mol. The molecule has 142 valence electrons. The number of aromatic carboxylic acids is 2. The van der Waals surface area contributed by atoms with E-state index in [1.165, 1.54) is 18.2 Å². The van der Waals surface area contributed by atoms with Crippen molar-refractivity contribution in [2.24, 2.45) is 4.99 Å². The third-order valence-electron chi connectivity index (χ3n) is 4.36. The summed E-state index contributed by atoms with van der Waals surface area (Å²) in [6, 6.07) is 13.1. The van der Waals surface area contributed by atoms with Crippen LogP contribution in [0.3, 0.4) is 0 Å². The molecule has 0 saturated heterocycles. The summed E-state index contributed by atoms with van der Waals surface area (Å²) in [7, 11) is 0. The van der Waals surface area contributed by atoms with E-state index in [0.29, 0.717) is 5.69 Å². The molecule has 0 atom stereocenters. The van der Waals surface area contributed by atoms with Crippen LogP contribution in [0.15, 0.2) is 53.5 Å². The first kappa shape index (κ1) is 19.4. The fourth-order valence-corrected chi connectivity index (χ4v) is 3.25. The topological polar surface area (TPSA) is 91.9 Å². The lowest BCUT2D eigenvalue weighted by Gasteiger charge is -2.11. The monoisotopic (exact) mass is 396 g/mol. The van der Waals surface area contributed by atoms with Crippen molar-refractivity contribution in [3.63, 3.8) is 0 Å².